The van der Waals surface area contributed by atoms with Gasteiger partial charge in [0.25, 0.3) is 0 Å². The lowest BCUT2D eigenvalue weighted by atomic mass is 10.1. The van der Waals surface area contributed by atoms with E-state index in [1.807, 2.05) is 18.6 Å². The fraction of sp³-hybridized carbons (Fsp3) is 0.429. The zero-order valence-electron chi connectivity index (χ0n) is 10.6. The fourth-order valence-electron chi connectivity index (χ4n) is 2.76. The van der Waals surface area contributed by atoms with Crippen LogP contribution in [0.5, 0.6) is 0 Å². The molecule has 1 atom stereocenters. The van der Waals surface area contributed by atoms with Gasteiger partial charge in [-0.2, -0.15) is 5.10 Å². The van der Waals surface area contributed by atoms with Crippen LogP contribution in [0.25, 0.3) is 0 Å². The van der Waals surface area contributed by atoms with Gasteiger partial charge in [0, 0.05) is 25.1 Å². The number of H-pyrrole nitrogens is 1. The minimum Gasteiger partial charge on any atom is -0.290 e. The molecule has 2 aromatic rings. The van der Waals surface area contributed by atoms with Gasteiger partial charge >= 0.3 is 0 Å². The van der Waals surface area contributed by atoms with Crippen molar-refractivity contribution in [2.24, 2.45) is 0 Å². The Labute approximate surface area is 107 Å². The number of nitrogens with one attached hydrogen (secondary N) is 1. The Bertz CT molecular complexity index is 506. The van der Waals surface area contributed by atoms with Crippen LogP contribution < -0.4 is 0 Å². The third kappa shape index (κ3) is 2.29. The number of likely N-dealkylation sites (tertiary alicyclic amines) is 1. The molecule has 4 heteroatoms. The Morgan fingerprint density at radius 2 is 2.39 bits per heavy atom. The van der Waals surface area contributed by atoms with Crippen LogP contribution in [0.1, 0.15) is 35.7 Å². The summed E-state index contributed by atoms with van der Waals surface area (Å²) in [6.07, 6.45) is 8.17. The van der Waals surface area contributed by atoms with Crippen LogP contribution in [0.2, 0.25) is 0 Å². The van der Waals surface area contributed by atoms with Crippen LogP contribution in [-0.4, -0.2) is 26.6 Å². The SMILES string of the molecule is Cc1cncc(CN2CCCC2c2ccn[nH]2)c1. The minimum absolute atomic E-state index is 0.480. The second-order valence-corrected chi connectivity index (χ2v) is 5.01. The molecule has 1 N–H and O–H groups in total. The highest BCUT2D eigenvalue weighted by atomic mass is 15.2. The average molecular weight is 242 g/mol. The van der Waals surface area contributed by atoms with Gasteiger partial charge in [-0.05, 0) is 43.5 Å². The normalized spacial score (nSPS) is 20.4. The van der Waals surface area contributed by atoms with Crippen molar-refractivity contribution in [3.05, 3.63) is 47.5 Å². The van der Waals surface area contributed by atoms with Crippen LogP contribution >= 0.6 is 0 Å². The third-order valence-electron chi connectivity index (χ3n) is 3.56. The summed E-state index contributed by atoms with van der Waals surface area (Å²) >= 11 is 0. The number of pyridine rings is 1. The summed E-state index contributed by atoms with van der Waals surface area (Å²) in [6, 6.07) is 4.78. The lowest BCUT2D eigenvalue weighted by molar-refractivity contribution is 0.244. The molecule has 0 amide bonds. The van der Waals surface area contributed by atoms with Crippen molar-refractivity contribution in [3.63, 3.8) is 0 Å². The van der Waals surface area contributed by atoms with Gasteiger partial charge in [0.15, 0.2) is 0 Å². The van der Waals surface area contributed by atoms with Crippen molar-refractivity contribution in [2.45, 2.75) is 32.4 Å². The maximum atomic E-state index is 4.27. The van der Waals surface area contributed by atoms with E-state index in [2.05, 4.69) is 39.1 Å². The molecular weight excluding hydrogens is 224 g/mol. The predicted molar refractivity (Wildman–Crippen MR) is 69.9 cm³/mol. The van der Waals surface area contributed by atoms with Gasteiger partial charge in [-0.25, -0.2) is 0 Å². The van der Waals surface area contributed by atoms with Gasteiger partial charge in [0.05, 0.1) is 11.7 Å². The highest BCUT2D eigenvalue weighted by Gasteiger charge is 2.26. The maximum absolute atomic E-state index is 4.27. The Balaban J connectivity index is 1.76. The van der Waals surface area contributed by atoms with E-state index in [1.165, 1.54) is 29.7 Å². The molecule has 1 aliphatic rings. The van der Waals surface area contributed by atoms with Gasteiger partial charge in [-0.1, -0.05) is 6.07 Å². The molecule has 3 heterocycles. The van der Waals surface area contributed by atoms with Gasteiger partial charge in [0.2, 0.25) is 0 Å². The molecule has 0 aliphatic carbocycles. The number of hydrogen-bond donors (Lipinski definition) is 1. The Kier molecular flexibility index (Phi) is 3.11. The lowest BCUT2D eigenvalue weighted by Gasteiger charge is -2.23. The molecule has 0 aromatic carbocycles. The highest BCUT2D eigenvalue weighted by molar-refractivity contribution is 5.17. The first-order valence-corrected chi connectivity index (χ1v) is 6.47. The van der Waals surface area contributed by atoms with Crippen molar-refractivity contribution < 1.29 is 0 Å². The van der Waals surface area contributed by atoms with E-state index in [0.29, 0.717) is 6.04 Å². The van der Waals surface area contributed by atoms with Crippen LogP contribution in [0.3, 0.4) is 0 Å². The first kappa shape index (κ1) is 11.4. The number of rotatable bonds is 3. The topological polar surface area (TPSA) is 44.8 Å². The predicted octanol–water partition coefficient (Wildman–Crippen LogP) is 2.45. The summed E-state index contributed by atoms with van der Waals surface area (Å²) in [5.41, 5.74) is 3.75. The van der Waals surface area contributed by atoms with E-state index in [1.54, 1.807) is 0 Å². The molecule has 1 fully saturated rings. The summed E-state index contributed by atoms with van der Waals surface area (Å²) < 4.78 is 0. The molecule has 4 nitrogen and oxygen atoms in total. The molecule has 1 saturated heterocycles. The number of aryl methyl sites for hydroxylation is 1. The van der Waals surface area contributed by atoms with Gasteiger partial charge in [-0.15, -0.1) is 0 Å². The molecule has 1 unspecified atom stereocenters. The maximum Gasteiger partial charge on any atom is 0.0523 e. The fourth-order valence-corrected chi connectivity index (χ4v) is 2.76. The standard InChI is InChI=1S/C14H18N4/c1-11-7-12(9-15-8-11)10-18-6-2-3-14(18)13-4-5-16-17-13/h4-5,7-9,14H,2-3,6,10H2,1H3,(H,16,17). The third-order valence-corrected chi connectivity index (χ3v) is 3.56. The summed E-state index contributed by atoms with van der Waals surface area (Å²) in [5.74, 6) is 0. The zero-order chi connectivity index (χ0) is 12.4. The van der Waals surface area contributed by atoms with E-state index in [4.69, 9.17) is 0 Å². The number of aromatic nitrogens is 3. The molecule has 0 bridgehead atoms. The molecular formula is C14H18N4. The Morgan fingerprint density at radius 1 is 1.44 bits per heavy atom. The van der Waals surface area contributed by atoms with E-state index in [-0.39, 0.29) is 0 Å². The molecule has 18 heavy (non-hydrogen) atoms. The van der Waals surface area contributed by atoms with E-state index in [9.17, 15) is 0 Å². The van der Waals surface area contributed by atoms with E-state index < -0.39 is 0 Å². The molecule has 0 radical (unpaired) electrons. The van der Waals surface area contributed by atoms with Gasteiger partial charge in [-0.3, -0.25) is 15.0 Å². The molecule has 0 spiro atoms. The van der Waals surface area contributed by atoms with Crippen LogP contribution in [0.4, 0.5) is 0 Å². The average Bonchev–Trinajstić information content (AvgIpc) is 2.98. The van der Waals surface area contributed by atoms with Crippen LogP contribution in [0, 0.1) is 6.92 Å². The minimum atomic E-state index is 0.480. The zero-order valence-corrected chi connectivity index (χ0v) is 10.6. The highest BCUT2D eigenvalue weighted by Crippen LogP contribution is 2.31. The summed E-state index contributed by atoms with van der Waals surface area (Å²) in [4.78, 5) is 6.77. The number of hydrogen-bond acceptors (Lipinski definition) is 3. The van der Waals surface area contributed by atoms with Crippen LogP contribution in [0.15, 0.2) is 30.7 Å². The molecule has 0 saturated carbocycles. The summed E-state index contributed by atoms with van der Waals surface area (Å²) in [6.45, 7) is 4.21. The first-order chi connectivity index (χ1) is 8.83. The van der Waals surface area contributed by atoms with Crippen molar-refractivity contribution in [2.75, 3.05) is 6.54 Å². The van der Waals surface area contributed by atoms with Gasteiger partial charge in [0.1, 0.15) is 0 Å². The summed E-state index contributed by atoms with van der Waals surface area (Å²) in [7, 11) is 0. The van der Waals surface area contributed by atoms with Gasteiger partial charge < -0.3 is 0 Å². The smallest absolute Gasteiger partial charge is 0.0523 e. The molecule has 2 aromatic heterocycles. The largest absolute Gasteiger partial charge is 0.290 e. The van der Waals surface area contributed by atoms with Crippen LogP contribution in [-0.2, 0) is 6.54 Å². The lowest BCUT2D eigenvalue weighted by Crippen LogP contribution is -2.23. The second-order valence-electron chi connectivity index (χ2n) is 5.01. The number of nitrogens with zero attached hydrogens (tertiary/aromatic N) is 3. The summed E-state index contributed by atoms with van der Waals surface area (Å²) in [5, 5.41) is 7.16. The number of aromatic amines is 1. The van der Waals surface area contributed by atoms with Crippen molar-refractivity contribution >= 4 is 0 Å². The van der Waals surface area contributed by atoms with E-state index in [0.717, 1.165) is 13.1 Å². The van der Waals surface area contributed by atoms with Crippen molar-refractivity contribution in [1.29, 1.82) is 0 Å². The Morgan fingerprint density at radius 3 is 3.17 bits per heavy atom. The first-order valence-electron chi connectivity index (χ1n) is 6.47. The monoisotopic (exact) mass is 242 g/mol. The quantitative estimate of drug-likeness (QED) is 0.899. The van der Waals surface area contributed by atoms with E-state index >= 15 is 0 Å². The Hall–Kier alpha value is -1.68. The van der Waals surface area contributed by atoms with Crippen molar-refractivity contribution in [3.8, 4) is 0 Å². The molecule has 1 aliphatic heterocycles. The second kappa shape index (κ2) is 4.90. The molecule has 3 rings (SSSR count). The molecule has 94 valence electrons. The van der Waals surface area contributed by atoms with Crippen molar-refractivity contribution in [1.82, 2.24) is 20.1 Å².